The van der Waals surface area contributed by atoms with Gasteiger partial charge in [0.05, 0.1) is 10.6 Å². The minimum Gasteiger partial charge on any atom is -0.352 e. The van der Waals surface area contributed by atoms with E-state index in [1.165, 1.54) is 11.3 Å². The number of carbonyl (C=O) groups excluding carboxylic acids is 1. The average molecular weight is 385 g/mol. The number of halogens is 1. The molecular weight excluding hydrogens is 368 g/mol. The average Bonchev–Trinajstić information content (AvgIpc) is 3.23. The molecule has 0 atom stereocenters. The summed E-state index contributed by atoms with van der Waals surface area (Å²) in [5, 5.41) is 11.3. The molecule has 3 heterocycles. The third kappa shape index (κ3) is 3.57. The molecule has 2 aromatic heterocycles. The number of amides is 1. The maximum atomic E-state index is 12.4. The number of thiophene rings is 1. The number of hydrogen-bond donors (Lipinski definition) is 0. The first-order valence-corrected chi connectivity index (χ1v) is 9.64. The van der Waals surface area contributed by atoms with Crippen molar-refractivity contribution >= 4 is 34.7 Å². The van der Waals surface area contributed by atoms with Crippen LogP contribution in [0.5, 0.6) is 0 Å². The van der Waals surface area contributed by atoms with Crippen LogP contribution in [0.2, 0.25) is 5.02 Å². The molecule has 7 heteroatoms. The van der Waals surface area contributed by atoms with Crippen LogP contribution < -0.4 is 4.90 Å². The second kappa shape index (κ2) is 7.43. The van der Waals surface area contributed by atoms with Crippen LogP contribution in [-0.2, 0) is 0 Å². The second-order valence-electron chi connectivity index (χ2n) is 6.04. The Balaban J connectivity index is 1.40. The predicted molar refractivity (Wildman–Crippen MR) is 105 cm³/mol. The van der Waals surface area contributed by atoms with E-state index in [4.69, 9.17) is 11.6 Å². The lowest BCUT2D eigenvalue weighted by Gasteiger charge is -2.35. The number of anilines is 1. The summed E-state index contributed by atoms with van der Waals surface area (Å²) >= 11 is 7.41. The number of carbonyl (C=O) groups is 1. The Bertz CT molecular complexity index is 873. The number of benzene rings is 1. The van der Waals surface area contributed by atoms with E-state index in [9.17, 15) is 4.79 Å². The fourth-order valence-corrected chi connectivity index (χ4v) is 3.78. The van der Waals surface area contributed by atoms with Gasteiger partial charge in [-0.1, -0.05) is 29.8 Å². The Kier molecular flexibility index (Phi) is 4.86. The lowest BCUT2D eigenvalue weighted by molar-refractivity contribution is 0.0751. The summed E-state index contributed by atoms with van der Waals surface area (Å²) in [6, 6.07) is 15.3. The summed E-state index contributed by atoms with van der Waals surface area (Å²) in [6.07, 6.45) is 0. The van der Waals surface area contributed by atoms with Gasteiger partial charge in [0.15, 0.2) is 5.82 Å². The summed E-state index contributed by atoms with van der Waals surface area (Å²) < 4.78 is 0. The zero-order valence-electron chi connectivity index (χ0n) is 14.0. The van der Waals surface area contributed by atoms with Crippen LogP contribution >= 0.6 is 22.9 Å². The summed E-state index contributed by atoms with van der Waals surface area (Å²) in [5.74, 6) is 0.953. The topological polar surface area (TPSA) is 49.3 Å². The molecule has 3 aromatic rings. The van der Waals surface area contributed by atoms with E-state index >= 15 is 0 Å². The molecule has 1 fully saturated rings. The van der Waals surface area contributed by atoms with Crippen LogP contribution in [0.3, 0.4) is 0 Å². The fraction of sp³-hybridized carbons (Fsp3) is 0.211. The summed E-state index contributed by atoms with van der Waals surface area (Å²) in [7, 11) is 0. The molecule has 1 aliphatic heterocycles. The van der Waals surface area contributed by atoms with Crippen molar-refractivity contribution in [1.82, 2.24) is 15.1 Å². The van der Waals surface area contributed by atoms with Gasteiger partial charge in [-0.2, -0.15) is 0 Å². The Morgan fingerprint density at radius 1 is 0.962 bits per heavy atom. The van der Waals surface area contributed by atoms with E-state index in [-0.39, 0.29) is 5.91 Å². The lowest BCUT2D eigenvalue weighted by Crippen LogP contribution is -2.48. The van der Waals surface area contributed by atoms with Crippen molar-refractivity contribution in [2.45, 2.75) is 0 Å². The largest absolute Gasteiger partial charge is 0.352 e. The van der Waals surface area contributed by atoms with Crippen LogP contribution in [0.1, 0.15) is 9.67 Å². The lowest BCUT2D eigenvalue weighted by atomic mass is 10.1. The van der Waals surface area contributed by atoms with Gasteiger partial charge in [0, 0.05) is 36.8 Å². The Hall–Kier alpha value is -2.44. The minimum atomic E-state index is 0.115. The molecular formula is C19H17ClN4OS. The number of rotatable bonds is 3. The molecule has 4 rings (SSSR count). The van der Waals surface area contributed by atoms with Crippen LogP contribution in [-0.4, -0.2) is 47.2 Å². The Labute approximate surface area is 160 Å². The molecule has 0 saturated carbocycles. The van der Waals surface area contributed by atoms with Crippen LogP contribution in [0, 0.1) is 0 Å². The highest BCUT2D eigenvalue weighted by atomic mass is 35.5. The van der Waals surface area contributed by atoms with Gasteiger partial charge in [-0.15, -0.1) is 21.5 Å². The molecule has 132 valence electrons. The molecule has 0 unspecified atom stereocenters. The summed E-state index contributed by atoms with van der Waals surface area (Å²) in [4.78, 5) is 17.3. The smallest absolute Gasteiger partial charge is 0.264 e. The van der Waals surface area contributed by atoms with Gasteiger partial charge in [-0.05, 0) is 35.7 Å². The fourth-order valence-electron chi connectivity index (χ4n) is 2.96. The van der Waals surface area contributed by atoms with E-state index in [1.54, 1.807) is 0 Å². The van der Waals surface area contributed by atoms with Gasteiger partial charge < -0.3 is 9.80 Å². The van der Waals surface area contributed by atoms with Gasteiger partial charge in [-0.25, -0.2) is 0 Å². The van der Waals surface area contributed by atoms with Gasteiger partial charge in [0.2, 0.25) is 0 Å². The SMILES string of the molecule is O=C(c1cccs1)N1CCN(c2ccc(-c3ccc(Cl)cc3)nn2)CC1. The molecule has 1 amide bonds. The first-order valence-electron chi connectivity index (χ1n) is 8.38. The monoisotopic (exact) mass is 384 g/mol. The molecule has 1 saturated heterocycles. The van der Waals surface area contributed by atoms with Crippen molar-refractivity contribution < 1.29 is 4.79 Å². The highest BCUT2D eigenvalue weighted by Gasteiger charge is 2.23. The van der Waals surface area contributed by atoms with E-state index in [0.29, 0.717) is 18.1 Å². The second-order valence-corrected chi connectivity index (χ2v) is 7.42. The van der Waals surface area contributed by atoms with Crippen molar-refractivity contribution in [2.24, 2.45) is 0 Å². The first-order chi connectivity index (χ1) is 12.7. The van der Waals surface area contributed by atoms with Gasteiger partial charge in [0.1, 0.15) is 0 Å². The molecule has 0 N–H and O–H groups in total. The Morgan fingerprint density at radius 3 is 2.35 bits per heavy atom. The quantitative estimate of drug-likeness (QED) is 0.688. The number of nitrogens with zero attached hydrogens (tertiary/aromatic N) is 4. The van der Waals surface area contributed by atoms with Crippen molar-refractivity contribution in [1.29, 1.82) is 0 Å². The van der Waals surface area contributed by atoms with Gasteiger partial charge in [0.25, 0.3) is 5.91 Å². The third-order valence-corrected chi connectivity index (χ3v) is 5.52. The van der Waals surface area contributed by atoms with Gasteiger partial charge in [-0.3, -0.25) is 4.79 Å². The molecule has 0 bridgehead atoms. The number of piperazine rings is 1. The van der Waals surface area contributed by atoms with Crippen LogP contribution in [0.15, 0.2) is 53.9 Å². The molecule has 1 aliphatic rings. The number of aromatic nitrogens is 2. The maximum Gasteiger partial charge on any atom is 0.264 e. The highest BCUT2D eigenvalue weighted by Crippen LogP contribution is 2.21. The van der Waals surface area contributed by atoms with Crippen molar-refractivity contribution in [3.63, 3.8) is 0 Å². The third-order valence-electron chi connectivity index (χ3n) is 4.41. The van der Waals surface area contributed by atoms with Crippen LogP contribution in [0.4, 0.5) is 5.82 Å². The Morgan fingerprint density at radius 2 is 1.73 bits per heavy atom. The molecule has 26 heavy (non-hydrogen) atoms. The van der Waals surface area contributed by atoms with Crippen molar-refractivity contribution in [3.05, 3.63) is 63.8 Å². The molecule has 0 aliphatic carbocycles. The molecule has 5 nitrogen and oxygen atoms in total. The predicted octanol–water partition coefficient (Wildman–Crippen LogP) is 3.82. The molecule has 0 spiro atoms. The zero-order chi connectivity index (χ0) is 17.9. The van der Waals surface area contributed by atoms with E-state index in [1.807, 2.05) is 58.8 Å². The normalized spacial score (nSPS) is 14.5. The van der Waals surface area contributed by atoms with Gasteiger partial charge >= 0.3 is 0 Å². The van der Waals surface area contributed by atoms with E-state index < -0.39 is 0 Å². The maximum absolute atomic E-state index is 12.4. The summed E-state index contributed by atoms with van der Waals surface area (Å²) in [6.45, 7) is 2.90. The minimum absolute atomic E-state index is 0.115. The standard InChI is InChI=1S/C19H17ClN4OS/c20-15-5-3-14(4-6-15)16-7-8-18(22-21-16)23-9-11-24(12-10-23)19(25)17-2-1-13-26-17/h1-8,13H,9-12H2. The zero-order valence-corrected chi connectivity index (χ0v) is 15.6. The van der Waals surface area contributed by atoms with Crippen molar-refractivity contribution in [3.8, 4) is 11.3 Å². The number of hydrogen-bond acceptors (Lipinski definition) is 5. The van der Waals surface area contributed by atoms with E-state index in [0.717, 1.165) is 35.0 Å². The van der Waals surface area contributed by atoms with Crippen molar-refractivity contribution in [2.75, 3.05) is 31.1 Å². The highest BCUT2D eigenvalue weighted by molar-refractivity contribution is 7.12. The first kappa shape index (κ1) is 17.0. The molecule has 1 aromatic carbocycles. The van der Waals surface area contributed by atoms with Crippen LogP contribution in [0.25, 0.3) is 11.3 Å². The van der Waals surface area contributed by atoms with E-state index in [2.05, 4.69) is 15.1 Å². The summed E-state index contributed by atoms with van der Waals surface area (Å²) in [5.41, 5.74) is 1.80. The molecule has 0 radical (unpaired) electrons.